The molecule has 0 atom stereocenters. The number of hydrogen-bond acceptors (Lipinski definition) is 6. The van der Waals surface area contributed by atoms with Gasteiger partial charge in [-0.05, 0) is 31.9 Å². The van der Waals surface area contributed by atoms with E-state index in [1.165, 1.54) is 0 Å². The third kappa shape index (κ3) is 10.3. The lowest BCUT2D eigenvalue weighted by molar-refractivity contribution is 0.0698. The molecular weight excluding hydrogens is 376 g/mol. The Morgan fingerprint density at radius 3 is 2.68 bits per heavy atom. The van der Waals surface area contributed by atoms with E-state index < -0.39 is 0 Å². The lowest BCUT2D eigenvalue weighted by Gasteiger charge is -2.12. The van der Waals surface area contributed by atoms with Crippen LogP contribution in [-0.4, -0.2) is 73.5 Å². The van der Waals surface area contributed by atoms with Crippen molar-refractivity contribution in [3.63, 3.8) is 0 Å². The molecule has 162 valence electrons. The molecule has 1 aromatic heterocycles. The molecule has 0 saturated carbocycles. The minimum Gasteiger partial charge on any atom is -0.382 e. The van der Waals surface area contributed by atoms with Crippen molar-refractivity contribution in [3.05, 3.63) is 5.82 Å². The highest BCUT2D eigenvalue weighted by Gasteiger charge is 2.12. The summed E-state index contributed by atoms with van der Waals surface area (Å²) in [6, 6.07) is 0. The zero-order chi connectivity index (χ0) is 20.6. The van der Waals surface area contributed by atoms with Crippen LogP contribution in [0.2, 0.25) is 0 Å². The minimum atomic E-state index is 0.571. The van der Waals surface area contributed by atoms with Gasteiger partial charge >= 0.3 is 0 Å². The first-order valence-corrected chi connectivity index (χ1v) is 11.4. The van der Waals surface area contributed by atoms with Crippen LogP contribution in [-0.2, 0) is 22.4 Å². The summed E-state index contributed by atoms with van der Waals surface area (Å²) in [5.74, 6) is 2.48. The van der Waals surface area contributed by atoms with E-state index in [0.717, 1.165) is 69.0 Å². The maximum absolute atomic E-state index is 5.47. The summed E-state index contributed by atoms with van der Waals surface area (Å²) in [6.07, 6.45) is 4.81. The van der Waals surface area contributed by atoms with Gasteiger partial charge in [-0.1, -0.05) is 25.6 Å². The van der Waals surface area contributed by atoms with Gasteiger partial charge in [0.2, 0.25) is 0 Å². The molecule has 0 aliphatic heterocycles. The fraction of sp³-hybridized carbons (Fsp3) is 0.842. The number of nitrogens with one attached hydrogen (secondary N) is 2. The van der Waals surface area contributed by atoms with Crippen LogP contribution < -0.4 is 10.6 Å². The van der Waals surface area contributed by atoms with Crippen molar-refractivity contribution < 1.29 is 9.47 Å². The highest BCUT2D eigenvalue weighted by Crippen LogP contribution is 2.16. The molecule has 0 bridgehead atoms. The molecule has 1 aromatic rings. The molecule has 0 saturated heterocycles. The number of aryl methyl sites for hydroxylation is 1. The molecule has 0 radical (unpaired) electrons. The number of aliphatic imine (C=N–C) groups is 1. The molecule has 0 aliphatic carbocycles. The van der Waals surface area contributed by atoms with E-state index in [0.29, 0.717) is 19.1 Å². The Kier molecular flexibility index (Phi) is 13.8. The van der Waals surface area contributed by atoms with Gasteiger partial charge in [0.25, 0.3) is 0 Å². The summed E-state index contributed by atoms with van der Waals surface area (Å²) in [7, 11) is 1.68. The van der Waals surface area contributed by atoms with E-state index in [1.807, 2.05) is 6.26 Å². The predicted molar refractivity (Wildman–Crippen MR) is 116 cm³/mol. The van der Waals surface area contributed by atoms with Crippen LogP contribution in [0.5, 0.6) is 0 Å². The number of nitrogens with zero attached hydrogens (tertiary/aromatic N) is 4. The van der Waals surface area contributed by atoms with Gasteiger partial charge in [0.1, 0.15) is 5.82 Å². The minimum absolute atomic E-state index is 0.571. The standard InChI is InChI=1S/C19H38N6O2S/c1-6-20-18(22-11-8-12-27-14-13-26-4)21-10-7-9-17-23-24-19(28-5)25(17)15-16(2)3/h16H,6-15H2,1-5H3,(H2,20,21,22). The quantitative estimate of drug-likeness (QED) is 0.197. The summed E-state index contributed by atoms with van der Waals surface area (Å²) in [5.41, 5.74) is 0. The van der Waals surface area contributed by atoms with Crippen LogP contribution in [0.4, 0.5) is 0 Å². The summed E-state index contributed by atoms with van der Waals surface area (Å²) in [5, 5.41) is 16.3. The second kappa shape index (κ2) is 15.6. The monoisotopic (exact) mass is 414 g/mol. The Balaban J connectivity index is 2.38. The van der Waals surface area contributed by atoms with Gasteiger partial charge in [-0.25, -0.2) is 0 Å². The lowest BCUT2D eigenvalue weighted by atomic mass is 10.2. The molecule has 0 aromatic carbocycles. The van der Waals surface area contributed by atoms with Crippen molar-refractivity contribution in [1.29, 1.82) is 0 Å². The number of thioether (sulfide) groups is 1. The van der Waals surface area contributed by atoms with Crippen LogP contribution in [0.25, 0.3) is 0 Å². The summed E-state index contributed by atoms with van der Waals surface area (Å²) in [6.45, 7) is 11.9. The van der Waals surface area contributed by atoms with Crippen molar-refractivity contribution >= 4 is 17.7 Å². The average Bonchev–Trinajstić information content (AvgIpc) is 3.05. The van der Waals surface area contributed by atoms with Gasteiger partial charge in [0.15, 0.2) is 11.1 Å². The van der Waals surface area contributed by atoms with Gasteiger partial charge in [-0.3, -0.25) is 4.99 Å². The van der Waals surface area contributed by atoms with E-state index in [1.54, 1.807) is 18.9 Å². The average molecular weight is 415 g/mol. The summed E-state index contributed by atoms with van der Waals surface area (Å²) in [4.78, 5) is 4.66. The fourth-order valence-corrected chi connectivity index (χ4v) is 3.12. The third-order valence-electron chi connectivity index (χ3n) is 3.89. The SMILES string of the molecule is CCNC(=NCCCc1nnc(SC)n1CC(C)C)NCCCOCCOC. The highest BCUT2D eigenvalue weighted by molar-refractivity contribution is 7.98. The molecule has 1 heterocycles. The molecule has 2 N–H and O–H groups in total. The number of ether oxygens (including phenoxy) is 2. The Hall–Kier alpha value is -1.32. The molecule has 9 heteroatoms. The normalized spacial score (nSPS) is 12.0. The molecule has 0 unspecified atom stereocenters. The van der Waals surface area contributed by atoms with Crippen molar-refractivity contribution in [2.45, 2.75) is 51.7 Å². The van der Waals surface area contributed by atoms with Gasteiger partial charge in [0.05, 0.1) is 13.2 Å². The first-order chi connectivity index (χ1) is 13.6. The van der Waals surface area contributed by atoms with E-state index in [-0.39, 0.29) is 0 Å². The molecule has 0 spiro atoms. The second-order valence-electron chi connectivity index (χ2n) is 6.86. The zero-order valence-electron chi connectivity index (χ0n) is 18.2. The molecule has 0 fully saturated rings. The number of rotatable bonds is 15. The molecule has 28 heavy (non-hydrogen) atoms. The Bertz CT molecular complexity index is 551. The van der Waals surface area contributed by atoms with E-state index in [2.05, 4.69) is 51.2 Å². The predicted octanol–water partition coefficient (Wildman–Crippen LogP) is 2.20. The first kappa shape index (κ1) is 24.7. The number of guanidine groups is 1. The largest absolute Gasteiger partial charge is 0.382 e. The third-order valence-corrected chi connectivity index (χ3v) is 4.55. The van der Waals surface area contributed by atoms with Crippen LogP contribution >= 0.6 is 11.8 Å². The van der Waals surface area contributed by atoms with Gasteiger partial charge in [0, 0.05) is 46.3 Å². The molecule has 0 aliphatic rings. The van der Waals surface area contributed by atoms with Crippen molar-refractivity contribution in [2.24, 2.45) is 10.9 Å². The van der Waals surface area contributed by atoms with Gasteiger partial charge in [-0.2, -0.15) is 0 Å². The number of aromatic nitrogens is 3. The van der Waals surface area contributed by atoms with Crippen molar-refractivity contribution in [3.8, 4) is 0 Å². The van der Waals surface area contributed by atoms with Crippen LogP contribution in [0.15, 0.2) is 10.1 Å². The van der Waals surface area contributed by atoms with Crippen molar-refractivity contribution in [2.75, 3.05) is 52.8 Å². The Labute approximate surface area is 174 Å². The molecule has 1 rings (SSSR count). The number of hydrogen-bond donors (Lipinski definition) is 2. The molecule has 8 nitrogen and oxygen atoms in total. The first-order valence-electron chi connectivity index (χ1n) is 10.2. The second-order valence-corrected chi connectivity index (χ2v) is 7.63. The Morgan fingerprint density at radius 1 is 1.18 bits per heavy atom. The van der Waals surface area contributed by atoms with E-state index in [4.69, 9.17) is 9.47 Å². The highest BCUT2D eigenvalue weighted by atomic mass is 32.2. The van der Waals surface area contributed by atoms with Crippen molar-refractivity contribution in [1.82, 2.24) is 25.4 Å². The number of methoxy groups -OCH3 is 1. The fourth-order valence-electron chi connectivity index (χ4n) is 2.60. The van der Waals surface area contributed by atoms with Gasteiger partial charge in [-0.15, -0.1) is 10.2 Å². The van der Waals surface area contributed by atoms with E-state index in [9.17, 15) is 0 Å². The molecule has 0 amide bonds. The van der Waals surface area contributed by atoms with Crippen LogP contribution in [0.3, 0.4) is 0 Å². The summed E-state index contributed by atoms with van der Waals surface area (Å²) < 4.78 is 12.7. The zero-order valence-corrected chi connectivity index (χ0v) is 19.0. The maximum Gasteiger partial charge on any atom is 0.191 e. The maximum atomic E-state index is 5.47. The molecular formula is C19H38N6O2S. The topological polar surface area (TPSA) is 85.6 Å². The lowest BCUT2D eigenvalue weighted by Crippen LogP contribution is -2.38. The van der Waals surface area contributed by atoms with Crippen LogP contribution in [0.1, 0.15) is 39.4 Å². The van der Waals surface area contributed by atoms with E-state index >= 15 is 0 Å². The van der Waals surface area contributed by atoms with Gasteiger partial charge < -0.3 is 24.7 Å². The van der Waals surface area contributed by atoms with Crippen LogP contribution in [0, 0.1) is 5.92 Å². The Morgan fingerprint density at radius 2 is 2.00 bits per heavy atom. The smallest absolute Gasteiger partial charge is 0.191 e. The summed E-state index contributed by atoms with van der Waals surface area (Å²) >= 11 is 1.65.